The van der Waals surface area contributed by atoms with Gasteiger partial charge in [0.2, 0.25) is 15.1 Å². The topological polar surface area (TPSA) is 82.0 Å². The SMILES string of the molecule is O=S(=O)(COc1ncnc(Cl)n1)c1ccccc1. The number of hydrogen-bond acceptors (Lipinski definition) is 6. The zero-order chi connectivity index (χ0) is 13.0. The van der Waals surface area contributed by atoms with E-state index in [0.717, 1.165) is 6.33 Å². The molecule has 0 N–H and O–H groups in total. The Morgan fingerprint density at radius 3 is 2.56 bits per heavy atom. The highest BCUT2D eigenvalue weighted by atomic mass is 35.5. The number of hydrogen-bond donors (Lipinski definition) is 0. The normalized spacial score (nSPS) is 11.2. The van der Waals surface area contributed by atoms with Gasteiger partial charge in [0.1, 0.15) is 6.33 Å². The summed E-state index contributed by atoms with van der Waals surface area (Å²) in [6.07, 6.45) is 1.14. The lowest BCUT2D eigenvalue weighted by Crippen LogP contribution is -2.13. The van der Waals surface area contributed by atoms with Gasteiger partial charge in [0.15, 0.2) is 5.94 Å². The third kappa shape index (κ3) is 3.14. The van der Waals surface area contributed by atoms with Gasteiger partial charge >= 0.3 is 6.01 Å². The van der Waals surface area contributed by atoms with E-state index in [0.29, 0.717) is 0 Å². The van der Waals surface area contributed by atoms with Gasteiger partial charge in [-0.1, -0.05) is 18.2 Å². The molecule has 0 radical (unpaired) electrons. The highest BCUT2D eigenvalue weighted by Gasteiger charge is 2.15. The summed E-state index contributed by atoms with van der Waals surface area (Å²) in [5.74, 6) is -0.558. The molecule has 1 aromatic heterocycles. The van der Waals surface area contributed by atoms with E-state index in [1.807, 2.05) is 0 Å². The fraction of sp³-hybridized carbons (Fsp3) is 0.100. The third-order valence-corrected chi connectivity index (χ3v) is 3.57. The summed E-state index contributed by atoms with van der Waals surface area (Å²) in [5.41, 5.74) is 0. The van der Waals surface area contributed by atoms with Crippen molar-refractivity contribution in [3.05, 3.63) is 41.9 Å². The van der Waals surface area contributed by atoms with Crippen molar-refractivity contribution in [2.75, 3.05) is 5.94 Å². The number of benzene rings is 1. The van der Waals surface area contributed by atoms with E-state index in [1.54, 1.807) is 18.2 Å². The summed E-state index contributed by atoms with van der Waals surface area (Å²) < 4.78 is 28.7. The lowest BCUT2D eigenvalue weighted by molar-refractivity contribution is 0.345. The number of aromatic nitrogens is 3. The maximum Gasteiger partial charge on any atom is 0.321 e. The first-order chi connectivity index (χ1) is 8.58. The van der Waals surface area contributed by atoms with E-state index in [4.69, 9.17) is 16.3 Å². The van der Waals surface area contributed by atoms with Crippen LogP contribution in [0.25, 0.3) is 0 Å². The molecule has 0 aliphatic heterocycles. The van der Waals surface area contributed by atoms with Gasteiger partial charge in [-0.3, -0.25) is 0 Å². The van der Waals surface area contributed by atoms with Gasteiger partial charge in [0.25, 0.3) is 0 Å². The van der Waals surface area contributed by atoms with Crippen LogP contribution in [-0.2, 0) is 9.84 Å². The Bertz CT molecular complexity index is 634. The standard InChI is InChI=1S/C10H8ClN3O3S/c11-9-12-6-13-10(14-9)17-7-18(15,16)8-4-2-1-3-5-8/h1-6H,7H2. The molecule has 0 spiro atoms. The van der Waals surface area contributed by atoms with Crippen molar-refractivity contribution in [1.82, 2.24) is 15.0 Å². The first-order valence-corrected chi connectivity index (χ1v) is 6.86. The molecule has 0 aliphatic carbocycles. The Kier molecular flexibility index (Phi) is 3.73. The fourth-order valence-corrected chi connectivity index (χ4v) is 2.24. The largest absolute Gasteiger partial charge is 0.447 e. The quantitative estimate of drug-likeness (QED) is 0.843. The fourth-order valence-electron chi connectivity index (χ4n) is 1.16. The summed E-state index contributed by atoms with van der Waals surface area (Å²) in [6.45, 7) is 0. The van der Waals surface area contributed by atoms with Crippen molar-refractivity contribution < 1.29 is 13.2 Å². The number of rotatable bonds is 4. The average Bonchev–Trinajstić information content (AvgIpc) is 2.38. The maximum absolute atomic E-state index is 11.9. The Balaban J connectivity index is 2.11. The molecule has 0 bridgehead atoms. The molecule has 94 valence electrons. The Morgan fingerprint density at radius 1 is 1.17 bits per heavy atom. The van der Waals surface area contributed by atoms with E-state index in [-0.39, 0.29) is 16.2 Å². The Hall–Kier alpha value is -1.73. The minimum absolute atomic E-state index is 0.0582. The molecule has 2 aromatic rings. The number of halogens is 1. The summed E-state index contributed by atoms with van der Waals surface area (Å²) in [7, 11) is -3.54. The number of ether oxygens (including phenoxy) is 1. The highest BCUT2D eigenvalue weighted by molar-refractivity contribution is 7.91. The summed E-state index contributed by atoms with van der Waals surface area (Å²) in [5, 5.41) is -0.0582. The van der Waals surface area contributed by atoms with Gasteiger partial charge in [-0.15, -0.1) is 0 Å². The Labute approximate surface area is 109 Å². The molecule has 18 heavy (non-hydrogen) atoms. The molecule has 1 aromatic carbocycles. The second kappa shape index (κ2) is 5.28. The van der Waals surface area contributed by atoms with Crippen LogP contribution in [0, 0.1) is 0 Å². The van der Waals surface area contributed by atoms with Crippen molar-refractivity contribution in [3.63, 3.8) is 0 Å². The lowest BCUT2D eigenvalue weighted by atomic mass is 10.4. The maximum atomic E-state index is 11.9. The summed E-state index contributed by atoms with van der Waals surface area (Å²) in [4.78, 5) is 11.0. The van der Waals surface area contributed by atoms with Crippen LogP contribution in [-0.4, -0.2) is 29.3 Å². The van der Waals surface area contributed by atoms with Crippen LogP contribution in [0.5, 0.6) is 6.01 Å². The summed E-state index contributed by atoms with van der Waals surface area (Å²) >= 11 is 5.52. The molecule has 2 rings (SSSR count). The van der Waals surface area contributed by atoms with Crippen molar-refractivity contribution in [2.24, 2.45) is 0 Å². The molecule has 0 amide bonds. The molecule has 0 saturated carbocycles. The van der Waals surface area contributed by atoms with Crippen molar-refractivity contribution >= 4 is 21.4 Å². The minimum atomic E-state index is -3.54. The molecule has 6 nitrogen and oxygen atoms in total. The molecular formula is C10H8ClN3O3S. The van der Waals surface area contributed by atoms with Gasteiger partial charge < -0.3 is 4.74 Å². The van der Waals surface area contributed by atoms with Crippen LogP contribution in [0.15, 0.2) is 41.6 Å². The summed E-state index contributed by atoms with van der Waals surface area (Å²) in [6, 6.07) is 7.83. The molecule has 0 fully saturated rings. The first kappa shape index (κ1) is 12.7. The van der Waals surface area contributed by atoms with Crippen LogP contribution in [0.3, 0.4) is 0 Å². The van der Waals surface area contributed by atoms with Crippen LogP contribution < -0.4 is 4.74 Å². The molecular weight excluding hydrogens is 278 g/mol. The predicted octanol–water partition coefficient (Wildman–Crippen LogP) is 1.34. The molecule has 0 saturated heterocycles. The van der Waals surface area contributed by atoms with Gasteiger partial charge in [0.05, 0.1) is 4.90 Å². The number of nitrogens with zero attached hydrogens (tertiary/aromatic N) is 3. The van der Waals surface area contributed by atoms with Crippen molar-refractivity contribution in [1.29, 1.82) is 0 Å². The molecule has 0 atom stereocenters. The zero-order valence-electron chi connectivity index (χ0n) is 9.02. The van der Waals surface area contributed by atoms with E-state index in [2.05, 4.69) is 15.0 Å². The van der Waals surface area contributed by atoms with E-state index in [1.165, 1.54) is 12.1 Å². The zero-order valence-corrected chi connectivity index (χ0v) is 10.6. The second-order valence-electron chi connectivity index (χ2n) is 3.23. The van der Waals surface area contributed by atoms with Crippen LogP contribution in [0.1, 0.15) is 0 Å². The highest BCUT2D eigenvalue weighted by Crippen LogP contribution is 2.12. The molecule has 0 unspecified atom stereocenters. The second-order valence-corrected chi connectivity index (χ2v) is 5.50. The lowest BCUT2D eigenvalue weighted by Gasteiger charge is -2.05. The van der Waals surface area contributed by atoms with E-state index in [9.17, 15) is 8.42 Å². The number of sulfone groups is 1. The molecule has 1 heterocycles. The first-order valence-electron chi connectivity index (χ1n) is 4.83. The van der Waals surface area contributed by atoms with E-state index < -0.39 is 15.8 Å². The van der Waals surface area contributed by atoms with Gasteiger partial charge in [-0.25, -0.2) is 13.4 Å². The smallest absolute Gasteiger partial charge is 0.321 e. The van der Waals surface area contributed by atoms with Crippen molar-refractivity contribution in [2.45, 2.75) is 4.90 Å². The molecule has 0 aliphatic rings. The average molecular weight is 286 g/mol. The van der Waals surface area contributed by atoms with Gasteiger partial charge in [0, 0.05) is 0 Å². The predicted molar refractivity (Wildman–Crippen MR) is 64.0 cm³/mol. The van der Waals surface area contributed by atoms with Gasteiger partial charge in [-0.05, 0) is 23.7 Å². The third-order valence-electron chi connectivity index (χ3n) is 1.97. The Morgan fingerprint density at radius 2 is 1.89 bits per heavy atom. The van der Waals surface area contributed by atoms with Crippen LogP contribution in [0.2, 0.25) is 5.28 Å². The van der Waals surface area contributed by atoms with Crippen molar-refractivity contribution in [3.8, 4) is 6.01 Å². The monoisotopic (exact) mass is 285 g/mol. The van der Waals surface area contributed by atoms with Crippen LogP contribution in [0.4, 0.5) is 0 Å². The van der Waals surface area contributed by atoms with Crippen LogP contribution >= 0.6 is 11.6 Å². The van der Waals surface area contributed by atoms with E-state index >= 15 is 0 Å². The minimum Gasteiger partial charge on any atom is -0.447 e. The molecule has 8 heteroatoms. The van der Waals surface area contributed by atoms with Gasteiger partial charge in [-0.2, -0.15) is 9.97 Å².